The van der Waals surface area contributed by atoms with E-state index >= 15 is 0 Å². The molecule has 1 aromatic rings. The van der Waals surface area contributed by atoms with Gasteiger partial charge in [0.15, 0.2) is 0 Å². The third-order valence-corrected chi connectivity index (χ3v) is 2.25. The summed E-state index contributed by atoms with van der Waals surface area (Å²) in [5.74, 6) is 0.511. The molecule has 2 N–H and O–H groups in total. The first-order valence-corrected chi connectivity index (χ1v) is 6.10. The molecule has 0 saturated carbocycles. The maximum absolute atomic E-state index is 9.61. The van der Waals surface area contributed by atoms with Gasteiger partial charge in [0.1, 0.15) is 0 Å². The first kappa shape index (κ1) is 14.2. The quantitative estimate of drug-likeness (QED) is 0.618. The Hall–Kier alpha value is -0.910. The van der Waals surface area contributed by atoms with Crippen LogP contribution in [0.5, 0.6) is 0 Å². The molecule has 17 heavy (non-hydrogen) atoms. The molecule has 0 fully saturated rings. The minimum absolute atomic E-state index is 0.399. The summed E-state index contributed by atoms with van der Waals surface area (Å²) in [6.07, 6.45) is 5.03. The van der Waals surface area contributed by atoms with Crippen molar-refractivity contribution in [1.29, 1.82) is 0 Å². The molecule has 5 nitrogen and oxygen atoms in total. The van der Waals surface area contributed by atoms with Crippen LogP contribution in [0.25, 0.3) is 0 Å². The van der Waals surface area contributed by atoms with E-state index in [2.05, 4.69) is 24.1 Å². The summed E-state index contributed by atoms with van der Waals surface area (Å²) >= 11 is 0. The zero-order chi connectivity index (χ0) is 12.5. The molecule has 1 atom stereocenters. The lowest BCUT2D eigenvalue weighted by atomic mass is 10.2. The highest BCUT2D eigenvalue weighted by Gasteiger charge is 2.04. The third kappa shape index (κ3) is 7.10. The number of rotatable bonds is 9. The van der Waals surface area contributed by atoms with Gasteiger partial charge in [0.2, 0.25) is 0 Å². The molecule has 1 aromatic heterocycles. The second kappa shape index (κ2) is 8.22. The molecule has 5 heteroatoms. The number of aromatic nitrogens is 2. The van der Waals surface area contributed by atoms with Crippen LogP contribution < -0.4 is 5.32 Å². The molecule has 0 aliphatic rings. The molecule has 98 valence electrons. The highest BCUT2D eigenvalue weighted by Crippen LogP contribution is 1.93. The number of nitrogens with zero attached hydrogens (tertiary/aromatic N) is 2. The molecule has 0 saturated heterocycles. The molecule has 0 spiro atoms. The van der Waals surface area contributed by atoms with Crippen molar-refractivity contribution in [1.82, 2.24) is 14.9 Å². The van der Waals surface area contributed by atoms with Gasteiger partial charge in [-0.05, 0) is 5.92 Å². The Kier molecular flexibility index (Phi) is 6.84. The van der Waals surface area contributed by atoms with Gasteiger partial charge in [-0.1, -0.05) is 13.8 Å². The third-order valence-electron chi connectivity index (χ3n) is 2.25. The summed E-state index contributed by atoms with van der Waals surface area (Å²) in [4.78, 5) is 3.96. The van der Waals surface area contributed by atoms with Crippen LogP contribution in [-0.4, -0.2) is 47.1 Å². The molecule has 0 amide bonds. The topological polar surface area (TPSA) is 59.3 Å². The van der Waals surface area contributed by atoms with Crippen LogP contribution in [-0.2, 0) is 11.3 Å². The van der Waals surface area contributed by atoms with Crippen LogP contribution in [0.4, 0.5) is 0 Å². The van der Waals surface area contributed by atoms with Crippen molar-refractivity contribution >= 4 is 0 Å². The minimum atomic E-state index is -0.434. The molecule has 0 aliphatic heterocycles. The van der Waals surface area contributed by atoms with Crippen molar-refractivity contribution in [3.8, 4) is 0 Å². The number of aliphatic hydroxyl groups is 1. The average Bonchev–Trinajstić information content (AvgIpc) is 2.76. The van der Waals surface area contributed by atoms with Crippen molar-refractivity contribution in [3.63, 3.8) is 0 Å². The van der Waals surface area contributed by atoms with Crippen LogP contribution in [0.3, 0.4) is 0 Å². The Balaban J connectivity index is 1.95. The summed E-state index contributed by atoms with van der Waals surface area (Å²) in [5.41, 5.74) is 0. The molecule has 0 bridgehead atoms. The summed E-state index contributed by atoms with van der Waals surface area (Å²) < 4.78 is 7.35. The fourth-order valence-corrected chi connectivity index (χ4v) is 1.39. The van der Waals surface area contributed by atoms with Crippen molar-refractivity contribution in [3.05, 3.63) is 18.7 Å². The molecule has 0 radical (unpaired) electrons. The maximum Gasteiger partial charge on any atom is 0.0946 e. The molecule has 1 unspecified atom stereocenters. The maximum atomic E-state index is 9.61. The fourth-order valence-electron chi connectivity index (χ4n) is 1.39. The van der Waals surface area contributed by atoms with E-state index in [1.165, 1.54) is 0 Å². The van der Waals surface area contributed by atoms with Crippen molar-refractivity contribution in [2.24, 2.45) is 5.92 Å². The predicted molar refractivity (Wildman–Crippen MR) is 66.8 cm³/mol. The van der Waals surface area contributed by atoms with Gasteiger partial charge in [0.05, 0.1) is 19.0 Å². The molecule has 1 rings (SSSR count). The lowest BCUT2D eigenvalue weighted by molar-refractivity contribution is 0.0262. The standard InChI is InChI=1S/C12H23N3O2/c1-11(2)8-17-9-12(16)7-13-3-5-15-6-4-14-10-15/h4,6,10-13,16H,3,5,7-9H2,1-2H3. The van der Waals surface area contributed by atoms with Crippen LogP contribution in [0.1, 0.15) is 13.8 Å². The monoisotopic (exact) mass is 241 g/mol. The molecular weight excluding hydrogens is 218 g/mol. The van der Waals surface area contributed by atoms with E-state index in [1.807, 2.05) is 10.8 Å². The van der Waals surface area contributed by atoms with E-state index in [0.717, 1.165) is 13.1 Å². The van der Waals surface area contributed by atoms with Crippen molar-refractivity contribution in [2.75, 3.05) is 26.3 Å². The normalized spacial score (nSPS) is 13.2. The number of hydrogen-bond donors (Lipinski definition) is 2. The zero-order valence-corrected chi connectivity index (χ0v) is 10.7. The lowest BCUT2D eigenvalue weighted by Gasteiger charge is -2.13. The number of aliphatic hydroxyl groups excluding tert-OH is 1. The summed E-state index contributed by atoms with van der Waals surface area (Å²) in [6, 6.07) is 0. The van der Waals surface area contributed by atoms with E-state index in [-0.39, 0.29) is 0 Å². The van der Waals surface area contributed by atoms with Crippen LogP contribution in [0, 0.1) is 5.92 Å². The largest absolute Gasteiger partial charge is 0.389 e. The second-order valence-corrected chi connectivity index (χ2v) is 4.59. The van der Waals surface area contributed by atoms with Crippen molar-refractivity contribution < 1.29 is 9.84 Å². The van der Waals surface area contributed by atoms with Crippen LogP contribution >= 0.6 is 0 Å². The number of hydrogen-bond acceptors (Lipinski definition) is 4. The Bertz CT molecular complexity index is 275. The average molecular weight is 241 g/mol. The van der Waals surface area contributed by atoms with Gasteiger partial charge in [0, 0.05) is 38.6 Å². The SMILES string of the molecule is CC(C)COCC(O)CNCCn1ccnc1. The predicted octanol–water partition coefficient (Wildman–Crippen LogP) is 0.506. The van der Waals surface area contributed by atoms with E-state index in [9.17, 15) is 5.11 Å². The molecular formula is C12H23N3O2. The zero-order valence-electron chi connectivity index (χ0n) is 10.7. The highest BCUT2D eigenvalue weighted by atomic mass is 16.5. The molecule has 0 aliphatic carbocycles. The van der Waals surface area contributed by atoms with Gasteiger partial charge in [-0.2, -0.15) is 0 Å². The van der Waals surface area contributed by atoms with Gasteiger partial charge in [-0.3, -0.25) is 0 Å². The van der Waals surface area contributed by atoms with Gasteiger partial charge >= 0.3 is 0 Å². The van der Waals surface area contributed by atoms with E-state index in [1.54, 1.807) is 12.5 Å². The van der Waals surface area contributed by atoms with Crippen LogP contribution in [0.2, 0.25) is 0 Å². The number of ether oxygens (including phenoxy) is 1. The van der Waals surface area contributed by atoms with E-state index < -0.39 is 6.10 Å². The van der Waals surface area contributed by atoms with E-state index in [0.29, 0.717) is 25.7 Å². The van der Waals surface area contributed by atoms with Gasteiger partial charge in [-0.25, -0.2) is 4.98 Å². The Morgan fingerprint density at radius 2 is 2.24 bits per heavy atom. The molecule has 0 aromatic carbocycles. The van der Waals surface area contributed by atoms with Crippen molar-refractivity contribution in [2.45, 2.75) is 26.5 Å². The van der Waals surface area contributed by atoms with E-state index in [4.69, 9.17) is 4.74 Å². The Morgan fingerprint density at radius 1 is 1.41 bits per heavy atom. The summed E-state index contributed by atoms with van der Waals surface area (Å²) in [6.45, 7) is 7.53. The summed E-state index contributed by atoms with van der Waals surface area (Å²) in [7, 11) is 0. The Labute approximate surface area is 103 Å². The molecule has 1 heterocycles. The number of nitrogens with one attached hydrogen (secondary N) is 1. The second-order valence-electron chi connectivity index (χ2n) is 4.59. The van der Waals surface area contributed by atoms with Crippen LogP contribution in [0.15, 0.2) is 18.7 Å². The van der Waals surface area contributed by atoms with Gasteiger partial charge in [-0.15, -0.1) is 0 Å². The first-order valence-electron chi connectivity index (χ1n) is 6.10. The minimum Gasteiger partial charge on any atom is -0.389 e. The fraction of sp³-hybridized carbons (Fsp3) is 0.750. The smallest absolute Gasteiger partial charge is 0.0946 e. The van der Waals surface area contributed by atoms with Gasteiger partial charge < -0.3 is 19.7 Å². The Morgan fingerprint density at radius 3 is 2.88 bits per heavy atom. The number of imidazole rings is 1. The first-order chi connectivity index (χ1) is 8.18. The lowest BCUT2D eigenvalue weighted by Crippen LogP contribution is -2.32. The highest BCUT2D eigenvalue weighted by molar-refractivity contribution is 4.74. The summed E-state index contributed by atoms with van der Waals surface area (Å²) in [5, 5.41) is 12.8. The van der Waals surface area contributed by atoms with Gasteiger partial charge in [0.25, 0.3) is 0 Å².